The summed E-state index contributed by atoms with van der Waals surface area (Å²) in [5.41, 5.74) is 2.55. The largest absolute Gasteiger partial charge is 0.464 e. The van der Waals surface area contributed by atoms with Crippen LogP contribution in [0.5, 0.6) is 0 Å². The predicted octanol–water partition coefficient (Wildman–Crippen LogP) is 2.35. The molecule has 1 aromatic carbocycles. The third-order valence-electron chi connectivity index (χ3n) is 3.41. The molecule has 0 spiro atoms. The Morgan fingerprint density at radius 3 is 2.67 bits per heavy atom. The van der Waals surface area contributed by atoms with Gasteiger partial charge in [-0.25, -0.2) is 0 Å². The number of piperazine rings is 1. The SMILES string of the molecule is c1coc(-c2ccccc2CN2CCNCC2)c1. The fourth-order valence-electron chi connectivity index (χ4n) is 2.44. The van der Waals surface area contributed by atoms with Gasteiger partial charge >= 0.3 is 0 Å². The fraction of sp³-hybridized carbons (Fsp3) is 0.333. The number of hydrogen-bond donors (Lipinski definition) is 1. The summed E-state index contributed by atoms with van der Waals surface area (Å²) in [4.78, 5) is 2.48. The molecule has 1 fully saturated rings. The van der Waals surface area contributed by atoms with Gasteiger partial charge in [0.15, 0.2) is 0 Å². The zero-order valence-electron chi connectivity index (χ0n) is 10.4. The number of nitrogens with one attached hydrogen (secondary N) is 1. The molecular weight excluding hydrogens is 224 g/mol. The first-order chi connectivity index (χ1) is 8.93. The van der Waals surface area contributed by atoms with Crippen molar-refractivity contribution in [2.45, 2.75) is 6.54 Å². The molecule has 2 heterocycles. The maximum atomic E-state index is 5.52. The normalized spacial score (nSPS) is 16.9. The van der Waals surface area contributed by atoms with Crippen LogP contribution in [0.15, 0.2) is 47.1 Å². The first-order valence-electron chi connectivity index (χ1n) is 6.48. The van der Waals surface area contributed by atoms with Gasteiger partial charge in [-0.05, 0) is 17.7 Å². The molecule has 0 unspecified atom stereocenters. The van der Waals surface area contributed by atoms with Crippen molar-refractivity contribution in [1.82, 2.24) is 10.2 Å². The molecule has 0 amide bonds. The van der Waals surface area contributed by atoms with E-state index in [1.807, 2.05) is 12.1 Å². The Bertz CT molecular complexity index is 487. The predicted molar refractivity (Wildman–Crippen MR) is 72.3 cm³/mol. The molecule has 1 aliphatic heterocycles. The fourth-order valence-corrected chi connectivity index (χ4v) is 2.44. The van der Waals surface area contributed by atoms with Crippen LogP contribution in [0.4, 0.5) is 0 Å². The minimum atomic E-state index is 0.959. The Hall–Kier alpha value is -1.58. The first kappa shape index (κ1) is 11.5. The molecule has 3 heteroatoms. The van der Waals surface area contributed by atoms with Gasteiger partial charge in [0.25, 0.3) is 0 Å². The van der Waals surface area contributed by atoms with Crippen molar-refractivity contribution < 1.29 is 4.42 Å². The van der Waals surface area contributed by atoms with Crippen molar-refractivity contribution in [2.75, 3.05) is 26.2 Å². The summed E-state index contributed by atoms with van der Waals surface area (Å²) in [5, 5.41) is 3.38. The van der Waals surface area contributed by atoms with Crippen molar-refractivity contribution in [3.05, 3.63) is 48.2 Å². The molecule has 1 aromatic heterocycles. The molecule has 0 aliphatic carbocycles. The Morgan fingerprint density at radius 2 is 1.89 bits per heavy atom. The number of rotatable bonds is 3. The van der Waals surface area contributed by atoms with Gasteiger partial charge in [0.1, 0.15) is 5.76 Å². The van der Waals surface area contributed by atoms with Gasteiger partial charge in [-0.1, -0.05) is 24.3 Å². The second-order valence-electron chi connectivity index (χ2n) is 4.66. The zero-order chi connectivity index (χ0) is 12.2. The van der Waals surface area contributed by atoms with Gasteiger partial charge in [0.2, 0.25) is 0 Å². The maximum absolute atomic E-state index is 5.52. The third-order valence-corrected chi connectivity index (χ3v) is 3.41. The average molecular weight is 242 g/mol. The highest BCUT2D eigenvalue weighted by Crippen LogP contribution is 2.25. The molecule has 1 saturated heterocycles. The van der Waals surface area contributed by atoms with Gasteiger partial charge in [0.05, 0.1) is 6.26 Å². The summed E-state index contributed by atoms with van der Waals surface area (Å²) < 4.78 is 5.52. The molecule has 0 radical (unpaired) electrons. The van der Waals surface area contributed by atoms with Crippen LogP contribution in [0.3, 0.4) is 0 Å². The summed E-state index contributed by atoms with van der Waals surface area (Å²) in [7, 11) is 0. The first-order valence-corrected chi connectivity index (χ1v) is 6.48. The summed E-state index contributed by atoms with van der Waals surface area (Å²) in [5.74, 6) is 0.959. The number of furan rings is 1. The van der Waals surface area contributed by atoms with E-state index in [0.717, 1.165) is 38.5 Å². The number of benzene rings is 1. The van der Waals surface area contributed by atoms with Crippen molar-refractivity contribution in [2.24, 2.45) is 0 Å². The molecule has 1 aliphatic rings. The summed E-state index contributed by atoms with van der Waals surface area (Å²) in [6, 6.07) is 12.5. The number of hydrogen-bond acceptors (Lipinski definition) is 3. The van der Waals surface area contributed by atoms with Crippen molar-refractivity contribution in [3.63, 3.8) is 0 Å². The molecule has 0 bridgehead atoms. The molecular formula is C15H18N2O. The van der Waals surface area contributed by atoms with Crippen molar-refractivity contribution >= 4 is 0 Å². The van der Waals surface area contributed by atoms with Gasteiger partial charge in [-0.3, -0.25) is 4.90 Å². The van der Waals surface area contributed by atoms with Gasteiger partial charge in [0, 0.05) is 38.3 Å². The zero-order valence-corrected chi connectivity index (χ0v) is 10.4. The second kappa shape index (κ2) is 5.38. The van der Waals surface area contributed by atoms with Gasteiger partial charge in [-0.2, -0.15) is 0 Å². The van der Waals surface area contributed by atoms with Crippen LogP contribution in [0, 0.1) is 0 Å². The highest BCUT2D eigenvalue weighted by Gasteiger charge is 2.13. The summed E-state index contributed by atoms with van der Waals surface area (Å²) >= 11 is 0. The van der Waals surface area contributed by atoms with Crippen LogP contribution < -0.4 is 5.32 Å². The van der Waals surface area contributed by atoms with Crippen LogP contribution in [0.25, 0.3) is 11.3 Å². The molecule has 0 saturated carbocycles. The average Bonchev–Trinajstić information content (AvgIpc) is 2.94. The molecule has 94 valence electrons. The highest BCUT2D eigenvalue weighted by molar-refractivity contribution is 5.61. The van der Waals surface area contributed by atoms with E-state index in [0.29, 0.717) is 0 Å². The van der Waals surface area contributed by atoms with E-state index >= 15 is 0 Å². The van der Waals surface area contributed by atoms with E-state index in [-0.39, 0.29) is 0 Å². The van der Waals surface area contributed by atoms with Crippen LogP contribution in [-0.4, -0.2) is 31.1 Å². The Balaban J connectivity index is 1.83. The van der Waals surface area contributed by atoms with Crippen molar-refractivity contribution in [1.29, 1.82) is 0 Å². The van der Waals surface area contributed by atoms with Crippen LogP contribution in [-0.2, 0) is 6.54 Å². The molecule has 3 rings (SSSR count). The van der Waals surface area contributed by atoms with E-state index < -0.39 is 0 Å². The Labute approximate surface area is 107 Å². The van der Waals surface area contributed by atoms with E-state index in [1.54, 1.807) is 6.26 Å². The molecule has 1 N–H and O–H groups in total. The van der Waals surface area contributed by atoms with Gasteiger partial charge < -0.3 is 9.73 Å². The number of nitrogens with zero attached hydrogens (tertiary/aromatic N) is 1. The maximum Gasteiger partial charge on any atom is 0.134 e. The smallest absolute Gasteiger partial charge is 0.134 e. The minimum absolute atomic E-state index is 0.959. The Kier molecular flexibility index (Phi) is 3.44. The third kappa shape index (κ3) is 2.47. The lowest BCUT2D eigenvalue weighted by molar-refractivity contribution is 0.233. The van der Waals surface area contributed by atoms with Crippen LogP contribution in [0.1, 0.15) is 5.56 Å². The Morgan fingerprint density at radius 1 is 1.06 bits per heavy atom. The van der Waals surface area contributed by atoms with E-state index in [2.05, 4.69) is 34.5 Å². The topological polar surface area (TPSA) is 28.4 Å². The second-order valence-corrected chi connectivity index (χ2v) is 4.66. The lowest BCUT2D eigenvalue weighted by Gasteiger charge is -2.27. The molecule has 3 nitrogen and oxygen atoms in total. The summed E-state index contributed by atoms with van der Waals surface area (Å²) in [6.07, 6.45) is 1.73. The van der Waals surface area contributed by atoms with E-state index in [1.165, 1.54) is 11.1 Å². The standard InChI is InChI=1S/C15H18N2O/c1-2-5-14(15-6-3-11-18-15)13(4-1)12-17-9-7-16-8-10-17/h1-6,11,16H,7-10,12H2. The molecule has 2 aromatic rings. The van der Waals surface area contributed by atoms with Gasteiger partial charge in [-0.15, -0.1) is 0 Å². The summed E-state index contributed by atoms with van der Waals surface area (Å²) in [6.45, 7) is 5.41. The highest BCUT2D eigenvalue weighted by atomic mass is 16.3. The lowest BCUT2D eigenvalue weighted by Crippen LogP contribution is -2.42. The van der Waals surface area contributed by atoms with E-state index in [9.17, 15) is 0 Å². The monoisotopic (exact) mass is 242 g/mol. The minimum Gasteiger partial charge on any atom is -0.464 e. The lowest BCUT2D eigenvalue weighted by atomic mass is 10.0. The van der Waals surface area contributed by atoms with Crippen LogP contribution >= 0.6 is 0 Å². The van der Waals surface area contributed by atoms with E-state index in [4.69, 9.17) is 4.42 Å². The molecule has 0 atom stereocenters. The van der Waals surface area contributed by atoms with Crippen molar-refractivity contribution in [3.8, 4) is 11.3 Å². The molecule has 18 heavy (non-hydrogen) atoms. The quantitative estimate of drug-likeness (QED) is 0.895. The van der Waals surface area contributed by atoms with Crippen LogP contribution in [0.2, 0.25) is 0 Å².